The maximum atomic E-state index is 13.0. The van der Waals surface area contributed by atoms with Crippen molar-refractivity contribution >= 4 is 22.6 Å². The monoisotopic (exact) mass is 477 g/mol. The van der Waals surface area contributed by atoms with Gasteiger partial charge in [0.2, 0.25) is 5.75 Å². The molecular formula is C25H19NO9. The van der Waals surface area contributed by atoms with E-state index in [1.54, 1.807) is 30.3 Å². The third-order valence-electron chi connectivity index (χ3n) is 5.62. The number of esters is 1. The number of non-ortho nitro benzene ring substituents is 1. The lowest BCUT2D eigenvalue weighted by atomic mass is 9.86. The number of rotatable bonds is 6. The Bertz CT molecular complexity index is 1510. The molecule has 0 aliphatic heterocycles. The number of nitrogens with zero attached hydrogens (tertiary/aromatic N) is 1. The minimum atomic E-state index is -1.15. The molecule has 178 valence electrons. The summed E-state index contributed by atoms with van der Waals surface area (Å²) in [5.41, 5.74) is -0.769. The van der Waals surface area contributed by atoms with Gasteiger partial charge < -0.3 is 24.5 Å². The van der Waals surface area contributed by atoms with E-state index in [-0.39, 0.29) is 28.2 Å². The van der Waals surface area contributed by atoms with Crippen LogP contribution in [0.25, 0.3) is 22.3 Å². The van der Waals surface area contributed by atoms with Crippen LogP contribution in [-0.4, -0.2) is 33.3 Å². The highest BCUT2D eigenvalue weighted by Crippen LogP contribution is 2.49. The molecule has 0 aliphatic rings. The first-order chi connectivity index (χ1) is 16.7. The van der Waals surface area contributed by atoms with Crippen LogP contribution >= 0.6 is 0 Å². The highest BCUT2D eigenvalue weighted by Gasteiger charge is 2.31. The van der Waals surface area contributed by atoms with Crippen LogP contribution in [0, 0.1) is 10.1 Å². The molecule has 0 bridgehead atoms. The van der Waals surface area contributed by atoms with E-state index in [1.165, 1.54) is 24.3 Å². The second kappa shape index (κ2) is 9.18. The van der Waals surface area contributed by atoms with Gasteiger partial charge in [0.1, 0.15) is 16.7 Å². The van der Waals surface area contributed by atoms with Crippen LogP contribution in [0.1, 0.15) is 23.5 Å². The van der Waals surface area contributed by atoms with Crippen molar-refractivity contribution in [2.45, 2.75) is 12.3 Å². The zero-order valence-corrected chi connectivity index (χ0v) is 18.3. The lowest BCUT2D eigenvalue weighted by molar-refractivity contribution is -0.384. The summed E-state index contributed by atoms with van der Waals surface area (Å²) in [6.45, 7) is 0. The van der Waals surface area contributed by atoms with Crippen LogP contribution in [0.2, 0.25) is 0 Å². The van der Waals surface area contributed by atoms with E-state index in [9.17, 15) is 35.0 Å². The first-order valence-corrected chi connectivity index (χ1v) is 10.3. The molecular weight excluding hydrogens is 458 g/mol. The minimum absolute atomic E-state index is 0.102. The average Bonchev–Trinajstić information content (AvgIpc) is 2.86. The van der Waals surface area contributed by atoms with E-state index >= 15 is 0 Å². The fourth-order valence-corrected chi connectivity index (χ4v) is 3.93. The number of hydrogen-bond acceptors (Lipinski definition) is 9. The van der Waals surface area contributed by atoms with Gasteiger partial charge in [0.25, 0.3) is 5.69 Å². The molecule has 3 N–H and O–H groups in total. The van der Waals surface area contributed by atoms with Crippen LogP contribution < -0.4 is 5.43 Å². The van der Waals surface area contributed by atoms with E-state index in [1.807, 2.05) is 0 Å². The summed E-state index contributed by atoms with van der Waals surface area (Å²) in [4.78, 5) is 36.0. The summed E-state index contributed by atoms with van der Waals surface area (Å²) in [5, 5.41) is 42.7. The molecule has 1 heterocycles. The largest absolute Gasteiger partial charge is 0.504 e. The number of benzene rings is 3. The zero-order chi connectivity index (χ0) is 25.3. The molecule has 0 amide bonds. The number of phenolic OH excluding ortho intramolecular Hbond substituents is 3. The summed E-state index contributed by atoms with van der Waals surface area (Å²) in [7, 11) is 1.15. The normalized spacial score (nSPS) is 11.8. The predicted octanol–water partition coefficient (Wildman–Crippen LogP) is 4.18. The number of hydrogen-bond donors (Lipinski definition) is 3. The highest BCUT2D eigenvalue weighted by atomic mass is 16.6. The number of fused-ring (bicyclic) bond motifs is 1. The predicted molar refractivity (Wildman–Crippen MR) is 124 cm³/mol. The van der Waals surface area contributed by atoms with E-state index in [2.05, 4.69) is 0 Å². The lowest BCUT2D eigenvalue weighted by Gasteiger charge is -2.21. The van der Waals surface area contributed by atoms with Crippen molar-refractivity contribution in [1.82, 2.24) is 0 Å². The van der Waals surface area contributed by atoms with Crippen molar-refractivity contribution in [3.8, 4) is 28.6 Å². The van der Waals surface area contributed by atoms with Crippen molar-refractivity contribution in [2.75, 3.05) is 7.11 Å². The summed E-state index contributed by atoms with van der Waals surface area (Å²) in [5.74, 6) is -4.51. The van der Waals surface area contributed by atoms with Gasteiger partial charge in [0, 0.05) is 35.2 Å². The van der Waals surface area contributed by atoms with E-state index < -0.39 is 51.3 Å². The smallest absolute Gasteiger partial charge is 0.306 e. The number of carbonyl (C=O) groups is 1. The maximum absolute atomic E-state index is 13.0. The first-order valence-electron chi connectivity index (χ1n) is 10.3. The quantitative estimate of drug-likeness (QED) is 0.160. The number of nitro benzene ring substituents is 1. The summed E-state index contributed by atoms with van der Waals surface area (Å²) in [6.07, 6.45) is -0.427. The van der Waals surface area contributed by atoms with Crippen LogP contribution in [0.4, 0.5) is 5.69 Å². The second-order valence-electron chi connectivity index (χ2n) is 7.69. The fraction of sp³-hybridized carbons (Fsp3) is 0.120. The Morgan fingerprint density at radius 2 is 1.74 bits per heavy atom. The summed E-state index contributed by atoms with van der Waals surface area (Å²) < 4.78 is 10.7. The van der Waals surface area contributed by atoms with Crippen molar-refractivity contribution in [3.05, 3.63) is 92.1 Å². The van der Waals surface area contributed by atoms with Crippen LogP contribution in [-0.2, 0) is 9.53 Å². The van der Waals surface area contributed by atoms with Gasteiger partial charge in [-0.3, -0.25) is 19.7 Å². The van der Waals surface area contributed by atoms with Crippen molar-refractivity contribution in [3.63, 3.8) is 0 Å². The van der Waals surface area contributed by atoms with Gasteiger partial charge in [-0.2, -0.15) is 0 Å². The lowest BCUT2D eigenvalue weighted by Crippen LogP contribution is -2.12. The van der Waals surface area contributed by atoms with Gasteiger partial charge in [-0.1, -0.05) is 42.5 Å². The molecule has 0 saturated heterocycles. The fourth-order valence-electron chi connectivity index (χ4n) is 3.93. The van der Waals surface area contributed by atoms with E-state index in [0.29, 0.717) is 5.56 Å². The Hall–Kier alpha value is -4.86. The maximum Gasteiger partial charge on any atom is 0.306 e. The molecule has 0 fully saturated rings. The van der Waals surface area contributed by atoms with Crippen molar-refractivity contribution < 1.29 is 34.2 Å². The Labute approximate surface area is 197 Å². The molecule has 4 aromatic rings. The standard InChI is InChI=1S/C25H19NO9/c1-34-19(28)11-16(14-8-5-9-15(10-14)26(32)33)20-22(29)24(31)23(30)21-17(27)12-18(35-25(20)21)13-6-3-2-4-7-13/h2-10,12,16,29-31H,11H2,1H3. The number of aromatic hydroxyl groups is 3. The average molecular weight is 477 g/mol. The number of ether oxygens (including phenoxy) is 1. The van der Waals surface area contributed by atoms with Gasteiger partial charge in [-0.15, -0.1) is 0 Å². The van der Waals surface area contributed by atoms with Crippen molar-refractivity contribution in [2.24, 2.45) is 0 Å². The molecule has 0 saturated carbocycles. The molecule has 10 heteroatoms. The van der Waals surface area contributed by atoms with Crippen LogP contribution in [0.5, 0.6) is 17.2 Å². The molecule has 0 spiro atoms. The van der Waals surface area contributed by atoms with Gasteiger partial charge in [0.15, 0.2) is 16.9 Å². The first kappa shape index (κ1) is 23.3. The number of phenols is 3. The molecule has 1 atom stereocenters. The zero-order valence-electron chi connectivity index (χ0n) is 18.3. The Morgan fingerprint density at radius 3 is 2.40 bits per heavy atom. The van der Waals surface area contributed by atoms with Gasteiger partial charge >= 0.3 is 5.97 Å². The van der Waals surface area contributed by atoms with Crippen molar-refractivity contribution in [1.29, 1.82) is 0 Å². The molecule has 0 aliphatic carbocycles. The number of carbonyl (C=O) groups excluding carboxylic acids is 1. The molecule has 1 unspecified atom stereocenters. The summed E-state index contributed by atoms with van der Waals surface area (Å²) >= 11 is 0. The molecule has 35 heavy (non-hydrogen) atoms. The number of methoxy groups -OCH3 is 1. The Morgan fingerprint density at radius 1 is 1.03 bits per heavy atom. The molecule has 4 rings (SSSR count). The van der Waals surface area contributed by atoms with E-state index in [4.69, 9.17) is 9.15 Å². The number of nitro groups is 1. The Balaban J connectivity index is 2.09. The molecule has 3 aromatic carbocycles. The third kappa shape index (κ3) is 4.24. The van der Waals surface area contributed by atoms with Crippen LogP contribution in [0.3, 0.4) is 0 Å². The highest BCUT2D eigenvalue weighted by molar-refractivity contribution is 5.93. The topological polar surface area (TPSA) is 160 Å². The third-order valence-corrected chi connectivity index (χ3v) is 5.62. The SMILES string of the molecule is COC(=O)CC(c1cccc([N+](=O)[O-])c1)c1c(O)c(O)c(O)c2c(=O)cc(-c3ccccc3)oc12. The van der Waals surface area contributed by atoms with Gasteiger partial charge in [-0.25, -0.2) is 0 Å². The van der Waals surface area contributed by atoms with Gasteiger partial charge in [-0.05, 0) is 5.56 Å². The van der Waals surface area contributed by atoms with Crippen LogP contribution in [0.15, 0.2) is 69.9 Å². The molecule has 1 aromatic heterocycles. The molecule has 10 nitrogen and oxygen atoms in total. The second-order valence-corrected chi connectivity index (χ2v) is 7.69. The summed E-state index contributed by atoms with van der Waals surface area (Å²) in [6, 6.07) is 15.0. The minimum Gasteiger partial charge on any atom is -0.504 e. The van der Waals surface area contributed by atoms with Gasteiger partial charge in [0.05, 0.1) is 18.5 Å². The molecule has 0 radical (unpaired) electrons. The Kier molecular flexibility index (Phi) is 6.11. The van der Waals surface area contributed by atoms with E-state index in [0.717, 1.165) is 13.2 Å².